The maximum absolute atomic E-state index is 11.9. The number of hydrogen-bond donors (Lipinski definition) is 5. The van der Waals surface area contributed by atoms with E-state index in [1.165, 1.54) is 0 Å². The third kappa shape index (κ3) is 11.7. The summed E-state index contributed by atoms with van der Waals surface area (Å²) in [6.45, 7) is 15.2. The molecule has 0 saturated carbocycles. The van der Waals surface area contributed by atoms with Gasteiger partial charge in [-0.05, 0) is 31.6 Å². The second kappa shape index (κ2) is 17.9. The largest absolute Gasteiger partial charge is 0.462 e. The van der Waals surface area contributed by atoms with Crippen molar-refractivity contribution in [3.05, 3.63) is 24.3 Å². The van der Waals surface area contributed by atoms with Crippen LogP contribution in [0.3, 0.4) is 0 Å². The molecule has 0 unspecified atom stereocenters. The summed E-state index contributed by atoms with van der Waals surface area (Å²) in [6, 6.07) is 0. The van der Waals surface area contributed by atoms with Crippen molar-refractivity contribution in [2.24, 2.45) is 47.2 Å². The number of ether oxygens (including phenoxy) is 2. The smallest absolute Gasteiger partial charge is 0.404 e. The summed E-state index contributed by atoms with van der Waals surface area (Å²) in [5.41, 5.74) is 5.32. The second-order valence-electron chi connectivity index (χ2n) is 12.5. The van der Waals surface area contributed by atoms with Crippen LogP contribution in [0.5, 0.6) is 0 Å². The number of carbonyl (C=O) groups is 2. The number of amides is 1. The van der Waals surface area contributed by atoms with Crippen molar-refractivity contribution in [2.45, 2.75) is 124 Å². The van der Waals surface area contributed by atoms with Crippen molar-refractivity contribution in [3.8, 4) is 0 Å². The Morgan fingerprint density at radius 2 is 1.61 bits per heavy atom. The predicted octanol–water partition coefficient (Wildman–Crippen LogP) is 4.35. The number of primary amides is 1. The van der Waals surface area contributed by atoms with E-state index in [2.05, 4.69) is 6.92 Å². The van der Waals surface area contributed by atoms with E-state index >= 15 is 0 Å². The molecule has 1 saturated heterocycles. The first kappa shape index (κ1) is 37.1. The van der Waals surface area contributed by atoms with Crippen LogP contribution in [0.1, 0.15) is 87.5 Å². The van der Waals surface area contributed by atoms with Crippen LogP contribution in [0.25, 0.3) is 0 Å². The fourth-order valence-electron chi connectivity index (χ4n) is 5.69. The number of esters is 1. The molecule has 0 bridgehead atoms. The molecule has 0 aliphatic carbocycles. The molecule has 6 N–H and O–H groups in total. The number of cyclic esters (lactones) is 1. The predicted molar refractivity (Wildman–Crippen MR) is 160 cm³/mol. The Kier molecular flexibility index (Phi) is 16.2. The van der Waals surface area contributed by atoms with Crippen molar-refractivity contribution in [1.82, 2.24) is 0 Å². The number of hydrogen-bond acceptors (Lipinski definition) is 8. The molecule has 1 rings (SSSR count). The van der Waals surface area contributed by atoms with Gasteiger partial charge in [0.05, 0.1) is 30.3 Å². The molecule has 41 heavy (non-hydrogen) atoms. The molecule has 0 radical (unpaired) electrons. The second-order valence-corrected chi connectivity index (χ2v) is 12.5. The number of nitrogens with two attached hydrogens (primary N) is 1. The highest BCUT2D eigenvalue weighted by Crippen LogP contribution is 2.30. The van der Waals surface area contributed by atoms with E-state index in [0.717, 1.165) is 19.3 Å². The fraction of sp³-hybridized carbons (Fsp3) is 0.812. The first-order valence-electron chi connectivity index (χ1n) is 15.4. The molecule has 0 spiro atoms. The zero-order valence-electron chi connectivity index (χ0n) is 26.3. The van der Waals surface area contributed by atoms with Gasteiger partial charge < -0.3 is 35.6 Å². The summed E-state index contributed by atoms with van der Waals surface area (Å²) < 4.78 is 10.8. The monoisotopic (exact) mass is 583 g/mol. The average Bonchev–Trinajstić information content (AvgIpc) is 2.93. The molecule has 0 aromatic rings. The molecule has 1 fully saturated rings. The van der Waals surface area contributed by atoms with Crippen molar-refractivity contribution < 1.29 is 39.5 Å². The Morgan fingerprint density at radius 1 is 1.00 bits per heavy atom. The quantitative estimate of drug-likeness (QED) is 0.125. The highest BCUT2D eigenvalue weighted by atomic mass is 16.6. The van der Waals surface area contributed by atoms with Crippen LogP contribution in [0.15, 0.2) is 24.3 Å². The van der Waals surface area contributed by atoms with Crippen LogP contribution >= 0.6 is 0 Å². The number of aliphatic hydroxyl groups excluding tert-OH is 4. The van der Waals surface area contributed by atoms with E-state index in [4.69, 9.17) is 15.2 Å². The molecule has 13 atom stereocenters. The zero-order chi connectivity index (χ0) is 31.4. The average molecular weight is 584 g/mol. The topological polar surface area (TPSA) is 160 Å². The van der Waals surface area contributed by atoms with Crippen molar-refractivity contribution in [3.63, 3.8) is 0 Å². The number of carbonyl (C=O) groups excluding carboxylic acids is 2. The summed E-state index contributed by atoms with van der Waals surface area (Å²) in [6.07, 6.45) is 5.94. The van der Waals surface area contributed by atoms with Crippen molar-refractivity contribution >= 4 is 12.1 Å². The maximum Gasteiger partial charge on any atom is 0.404 e. The van der Waals surface area contributed by atoms with Crippen LogP contribution in [-0.2, 0) is 14.3 Å². The maximum atomic E-state index is 11.9. The first-order valence-corrected chi connectivity index (χ1v) is 15.4. The number of allylic oxidation sites excluding steroid dienone is 1. The molecule has 238 valence electrons. The minimum absolute atomic E-state index is 0.0782. The summed E-state index contributed by atoms with van der Waals surface area (Å²) >= 11 is 0. The van der Waals surface area contributed by atoms with Gasteiger partial charge in [-0.15, -0.1) is 0 Å². The lowest BCUT2D eigenvalue weighted by Crippen LogP contribution is -2.47. The molecule has 9 heteroatoms. The Balaban J connectivity index is 2.65. The van der Waals surface area contributed by atoms with E-state index in [1.54, 1.807) is 26.0 Å². The minimum Gasteiger partial charge on any atom is -0.462 e. The van der Waals surface area contributed by atoms with Gasteiger partial charge in [-0.1, -0.05) is 85.6 Å². The summed E-state index contributed by atoms with van der Waals surface area (Å²) in [7, 11) is 0. The Morgan fingerprint density at radius 3 is 2.20 bits per heavy atom. The van der Waals surface area contributed by atoms with Crippen LogP contribution in [0.2, 0.25) is 0 Å². The van der Waals surface area contributed by atoms with Crippen LogP contribution in [0.4, 0.5) is 4.79 Å². The molecule has 1 aliphatic heterocycles. The van der Waals surface area contributed by atoms with Crippen LogP contribution in [-0.4, -0.2) is 69.1 Å². The number of unbranched alkanes of at least 4 members (excludes halogenated alkanes) is 1. The molecule has 0 aromatic heterocycles. The summed E-state index contributed by atoms with van der Waals surface area (Å²) in [5.74, 6) is -2.07. The van der Waals surface area contributed by atoms with Gasteiger partial charge >= 0.3 is 12.1 Å². The van der Waals surface area contributed by atoms with Gasteiger partial charge in [-0.25, -0.2) is 4.79 Å². The van der Waals surface area contributed by atoms with E-state index in [1.807, 2.05) is 46.8 Å². The van der Waals surface area contributed by atoms with E-state index < -0.39 is 54.6 Å². The summed E-state index contributed by atoms with van der Waals surface area (Å²) in [4.78, 5) is 23.5. The zero-order valence-corrected chi connectivity index (χ0v) is 26.3. The Hall–Kier alpha value is -1.94. The molecular formula is C32H57NO8. The van der Waals surface area contributed by atoms with Gasteiger partial charge in [-0.3, -0.25) is 4.79 Å². The van der Waals surface area contributed by atoms with Gasteiger partial charge in [0.2, 0.25) is 0 Å². The molecule has 1 aliphatic rings. The normalized spacial score (nSPS) is 28.3. The number of aliphatic hydroxyl groups is 4. The van der Waals surface area contributed by atoms with Gasteiger partial charge in [-0.2, -0.15) is 0 Å². The Bertz CT molecular complexity index is 848. The lowest BCUT2D eigenvalue weighted by molar-refractivity contribution is -0.179. The third-order valence-corrected chi connectivity index (χ3v) is 8.88. The van der Waals surface area contributed by atoms with E-state index in [-0.39, 0.29) is 41.9 Å². The van der Waals surface area contributed by atoms with E-state index in [0.29, 0.717) is 6.42 Å². The highest BCUT2D eigenvalue weighted by Gasteiger charge is 2.41. The third-order valence-electron chi connectivity index (χ3n) is 8.88. The lowest BCUT2D eigenvalue weighted by atomic mass is 9.81. The van der Waals surface area contributed by atoms with E-state index in [9.17, 15) is 30.0 Å². The lowest BCUT2D eigenvalue weighted by Gasteiger charge is -2.36. The first-order chi connectivity index (χ1) is 19.1. The molecule has 1 amide bonds. The van der Waals surface area contributed by atoms with Gasteiger partial charge in [0.15, 0.2) is 0 Å². The fourth-order valence-corrected chi connectivity index (χ4v) is 5.69. The Labute approximate surface area is 247 Å². The van der Waals surface area contributed by atoms with Crippen molar-refractivity contribution in [2.75, 3.05) is 0 Å². The molecule has 9 nitrogen and oxygen atoms in total. The van der Waals surface area contributed by atoms with Gasteiger partial charge in [0.25, 0.3) is 0 Å². The van der Waals surface area contributed by atoms with Crippen molar-refractivity contribution in [1.29, 1.82) is 0 Å². The van der Waals surface area contributed by atoms with Crippen LogP contribution in [0, 0.1) is 41.4 Å². The molecule has 0 aromatic carbocycles. The molecule has 1 heterocycles. The minimum atomic E-state index is -0.882. The number of rotatable bonds is 17. The van der Waals surface area contributed by atoms with Gasteiger partial charge in [0.1, 0.15) is 12.2 Å². The SMILES string of the molecule is CCCC[C@H](C)[C@H](OC(N)=O)[C@@H](C)[C@H](O)[C@@H](C)C/C=C\[C@H](C)[C@@H](O)[C@@H](C)/C=C\[C@@H](O)C[C@@H]1OC(=O)[C@H](C)[C@@H](O)[C@H]1C. The van der Waals surface area contributed by atoms with Gasteiger partial charge in [0, 0.05) is 30.1 Å². The summed E-state index contributed by atoms with van der Waals surface area (Å²) in [5, 5.41) is 42.6. The highest BCUT2D eigenvalue weighted by molar-refractivity contribution is 5.73. The molecular weight excluding hydrogens is 526 g/mol. The standard InChI is InChI=1S/C32H57NO8/c1-9-10-12-21(5)30(41-32(33)39)23(7)28(36)19(3)14-11-13-18(2)27(35)20(4)15-16-25(34)17-26-22(6)29(37)24(8)31(38)40-26/h11,13,15-16,18-30,34-37H,9-10,12,14,17H2,1-8H3,(H2,33,39)/b13-11-,16-15-/t18-,19-,20-,21-,22-,23-,24+,25+,26-,27+,28+,29-,30-/m0/s1. The van der Waals surface area contributed by atoms with Crippen LogP contribution < -0.4 is 5.73 Å².